The number of benzene rings is 2. The molecule has 37 heavy (non-hydrogen) atoms. The fourth-order valence-electron chi connectivity index (χ4n) is 4.85. The van der Waals surface area contributed by atoms with E-state index < -0.39 is 16.1 Å². The number of amides is 3. The Labute approximate surface area is 223 Å². The highest BCUT2D eigenvalue weighted by molar-refractivity contribution is 7.90. The van der Waals surface area contributed by atoms with Crippen LogP contribution in [0.5, 0.6) is 5.75 Å². The van der Waals surface area contributed by atoms with E-state index in [9.17, 15) is 18.0 Å². The van der Waals surface area contributed by atoms with Crippen molar-refractivity contribution in [3.05, 3.63) is 58.1 Å². The van der Waals surface area contributed by atoms with Crippen molar-refractivity contribution >= 4 is 33.6 Å². The molecule has 3 N–H and O–H groups in total. The van der Waals surface area contributed by atoms with Crippen molar-refractivity contribution < 1.29 is 22.7 Å². The number of carbonyl (C=O) groups excluding carboxylic acids is 2. The zero-order valence-corrected chi connectivity index (χ0v) is 23.0. The summed E-state index contributed by atoms with van der Waals surface area (Å²) in [6.07, 6.45) is 4.84. The molecule has 0 saturated heterocycles. The maximum absolute atomic E-state index is 12.7. The van der Waals surface area contributed by atoms with Crippen LogP contribution >= 0.6 is 11.6 Å². The average Bonchev–Trinajstić information content (AvgIpc) is 3.19. The average molecular weight is 548 g/mol. The smallest absolute Gasteiger partial charge is 0.328 e. The van der Waals surface area contributed by atoms with Crippen LogP contribution < -0.4 is 20.1 Å². The second-order valence-corrected chi connectivity index (χ2v) is 12.9. The number of hydrogen-bond donors (Lipinski definition) is 3. The molecule has 4 rings (SSSR count). The Morgan fingerprint density at radius 1 is 1.11 bits per heavy atom. The summed E-state index contributed by atoms with van der Waals surface area (Å²) in [7, 11) is -3.99. The maximum Gasteiger partial charge on any atom is 0.328 e. The molecule has 1 fully saturated rings. The highest BCUT2D eigenvalue weighted by atomic mass is 35.5. The lowest BCUT2D eigenvalue weighted by Crippen LogP contribution is -2.46. The van der Waals surface area contributed by atoms with Crippen LogP contribution in [0.3, 0.4) is 0 Å². The van der Waals surface area contributed by atoms with Crippen LogP contribution in [0.4, 0.5) is 4.79 Å². The molecule has 2 aromatic rings. The SMILES string of the molecule is CC1Cc2cc(Cl)cc(C(=O)NCCc3ccc(S(=O)(=O)NC(=O)NC4CCC(C)(C)CC4)cc3)c2O1. The Bertz CT molecular complexity index is 1270. The van der Waals surface area contributed by atoms with E-state index in [-0.39, 0.29) is 28.4 Å². The first-order valence-electron chi connectivity index (χ1n) is 12.6. The minimum absolute atomic E-state index is 0.000900. The molecule has 1 aliphatic heterocycles. The van der Waals surface area contributed by atoms with E-state index in [0.29, 0.717) is 35.7 Å². The maximum atomic E-state index is 12.7. The quantitative estimate of drug-likeness (QED) is 0.469. The first kappa shape index (κ1) is 27.3. The molecule has 2 aliphatic rings. The number of sulfonamides is 1. The third kappa shape index (κ3) is 6.96. The number of carbonyl (C=O) groups is 2. The fraction of sp³-hybridized carbons (Fsp3) is 0.481. The molecule has 200 valence electrons. The lowest BCUT2D eigenvalue weighted by Gasteiger charge is -2.34. The summed E-state index contributed by atoms with van der Waals surface area (Å²) in [5.74, 6) is 0.302. The number of hydrogen-bond acceptors (Lipinski definition) is 5. The molecule has 2 aromatic carbocycles. The van der Waals surface area contributed by atoms with Gasteiger partial charge in [-0.25, -0.2) is 17.9 Å². The van der Waals surface area contributed by atoms with Gasteiger partial charge in [-0.15, -0.1) is 0 Å². The number of nitrogens with one attached hydrogen (secondary N) is 3. The minimum atomic E-state index is -3.99. The van der Waals surface area contributed by atoms with Crippen molar-refractivity contribution in [1.29, 1.82) is 0 Å². The number of ether oxygens (including phenoxy) is 1. The number of fused-ring (bicyclic) bond motifs is 1. The van der Waals surface area contributed by atoms with Gasteiger partial charge in [0.15, 0.2) is 0 Å². The van der Waals surface area contributed by atoms with E-state index in [0.717, 1.165) is 36.8 Å². The summed E-state index contributed by atoms with van der Waals surface area (Å²) in [6, 6.07) is 8.94. The van der Waals surface area contributed by atoms with Crippen LogP contribution in [0, 0.1) is 5.41 Å². The second kappa shape index (κ2) is 10.9. The third-order valence-corrected chi connectivity index (χ3v) is 8.60. The van der Waals surface area contributed by atoms with Gasteiger partial charge >= 0.3 is 6.03 Å². The molecule has 0 bridgehead atoms. The van der Waals surface area contributed by atoms with Crippen LogP contribution in [0.1, 0.15) is 67.9 Å². The Kier molecular flexibility index (Phi) is 8.04. The summed E-state index contributed by atoms with van der Waals surface area (Å²) in [6.45, 7) is 6.69. The predicted octanol–water partition coefficient (Wildman–Crippen LogP) is 4.59. The Hall–Kier alpha value is -2.78. The van der Waals surface area contributed by atoms with E-state index in [1.54, 1.807) is 18.2 Å². The number of urea groups is 1. The molecule has 1 saturated carbocycles. The van der Waals surface area contributed by atoms with Gasteiger partial charge in [-0.05, 0) is 74.3 Å². The van der Waals surface area contributed by atoms with Crippen molar-refractivity contribution in [1.82, 2.24) is 15.4 Å². The lowest BCUT2D eigenvalue weighted by atomic mass is 9.76. The number of rotatable bonds is 7. The van der Waals surface area contributed by atoms with Gasteiger partial charge in [0.25, 0.3) is 15.9 Å². The summed E-state index contributed by atoms with van der Waals surface area (Å²) in [5.41, 5.74) is 2.43. The van der Waals surface area contributed by atoms with Crippen molar-refractivity contribution in [2.24, 2.45) is 5.41 Å². The molecule has 1 atom stereocenters. The molecule has 0 radical (unpaired) electrons. The lowest BCUT2D eigenvalue weighted by molar-refractivity contribution is 0.0949. The van der Waals surface area contributed by atoms with Crippen LogP contribution in [0.25, 0.3) is 0 Å². The van der Waals surface area contributed by atoms with Gasteiger partial charge in [0.1, 0.15) is 11.9 Å². The molecule has 3 amide bonds. The molecule has 1 unspecified atom stereocenters. The van der Waals surface area contributed by atoms with Gasteiger partial charge in [0.05, 0.1) is 10.5 Å². The van der Waals surface area contributed by atoms with Crippen molar-refractivity contribution in [2.45, 2.75) is 76.3 Å². The van der Waals surface area contributed by atoms with E-state index in [1.165, 1.54) is 12.1 Å². The van der Waals surface area contributed by atoms with E-state index in [4.69, 9.17) is 16.3 Å². The largest absolute Gasteiger partial charge is 0.489 e. The topological polar surface area (TPSA) is 114 Å². The van der Waals surface area contributed by atoms with Gasteiger partial charge in [-0.1, -0.05) is 37.6 Å². The monoisotopic (exact) mass is 547 g/mol. The first-order chi connectivity index (χ1) is 17.4. The molecule has 8 nitrogen and oxygen atoms in total. The molecular weight excluding hydrogens is 514 g/mol. The fourth-order valence-corrected chi connectivity index (χ4v) is 6.01. The zero-order valence-electron chi connectivity index (χ0n) is 21.4. The van der Waals surface area contributed by atoms with Gasteiger partial charge in [-0.2, -0.15) is 0 Å². The van der Waals surface area contributed by atoms with Gasteiger partial charge < -0.3 is 15.4 Å². The standard InChI is InChI=1S/C27H34ClN3O5S/c1-17-14-19-15-20(28)16-23(24(19)36-17)25(32)29-13-10-18-4-6-22(7-5-18)37(34,35)31-26(33)30-21-8-11-27(2,3)12-9-21/h4-7,15-17,21H,8-14H2,1-3H3,(H,29,32)(H2,30,31,33). The predicted molar refractivity (Wildman–Crippen MR) is 143 cm³/mol. The molecule has 1 heterocycles. The Morgan fingerprint density at radius 3 is 2.46 bits per heavy atom. The van der Waals surface area contributed by atoms with Crippen LogP contribution in [0.2, 0.25) is 5.02 Å². The van der Waals surface area contributed by atoms with Crippen molar-refractivity contribution in [3.8, 4) is 5.75 Å². The molecule has 0 spiro atoms. The van der Waals surface area contributed by atoms with Crippen LogP contribution in [-0.4, -0.2) is 39.0 Å². The number of halogens is 1. The van der Waals surface area contributed by atoms with Crippen molar-refractivity contribution in [2.75, 3.05) is 6.54 Å². The Balaban J connectivity index is 1.28. The molecule has 1 aliphatic carbocycles. The Morgan fingerprint density at radius 2 is 1.78 bits per heavy atom. The van der Waals surface area contributed by atoms with E-state index in [2.05, 4.69) is 29.2 Å². The first-order valence-corrected chi connectivity index (χ1v) is 14.5. The van der Waals surface area contributed by atoms with Crippen LogP contribution in [-0.2, 0) is 22.9 Å². The summed E-state index contributed by atoms with van der Waals surface area (Å²) < 4.78 is 33.2. The highest BCUT2D eigenvalue weighted by Crippen LogP contribution is 2.36. The van der Waals surface area contributed by atoms with Gasteiger partial charge in [0, 0.05) is 29.6 Å². The highest BCUT2D eigenvalue weighted by Gasteiger charge is 2.29. The zero-order chi connectivity index (χ0) is 26.8. The summed E-state index contributed by atoms with van der Waals surface area (Å²) in [4.78, 5) is 25.0. The normalized spacial score (nSPS) is 19.0. The van der Waals surface area contributed by atoms with Gasteiger partial charge in [0.2, 0.25) is 0 Å². The minimum Gasteiger partial charge on any atom is -0.489 e. The second-order valence-electron chi connectivity index (χ2n) is 10.7. The van der Waals surface area contributed by atoms with Gasteiger partial charge in [-0.3, -0.25) is 4.79 Å². The van der Waals surface area contributed by atoms with Crippen molar-refractivity contribution in [3.63, 3.8) is 0 Å². The molecular formula is C27H34ClN3O5S. The summed E-state index contributed by atoms with van der Waals surface area (Å²) in [5, 5.41) is 6.14. The molecule has 10 heteroatoms. The summed E-state index contributed by atoms with van der Waals surface area (Å²) >= 11 is 6.18. The van der Waals surface area contributed by atoms with Crippen LogP contribution in [0.15, 0.2) is 41.3 Å². The van der Waals surface area contributed by atoms with E-state index >= 15 is 0 Å². The molecule has 0 aromatic heterocycles. The third-order valence-electron chi connectivity index (χ3n) is 7.04. The van der Waals surface area contributed by atoms with E-state index in [1.807, 2.05) is 13.0 Å².